The lowest BCUT2D eigenvalue weighted by molar-refractivity contribution is -0.157. The van der Waals surface area contributed by atoms with Crippen LogP contribution >= 0.6 is 0 Å². The zero-order valence-electron chi connectivity index (χ0n) is 17.5. The molecule has 0 saturated heterocycles. The Labute approximate surface area is 179 Å². The molecule has 2 N–H and O–H groups in total. The number of anilines is 1. The first-order chi connectivity index (χ1) is 14.8. The summed E-state index contributed by atoms with van der Waals surface area (Å²) in [5.74, 6) is -1.42. The lowest BCUT2D eigenvalue weighted by atomic mass is 9.64. The van der Waals surface area contributed by atoms with Crippen molar-refractivity contribution in [1.29, 1.82) is 0 Å². The van der Waals surface area contributed by atoms with Crippen LogP contribution in [0.15, 0.2) is 42.5 Å². The van der Waals surface area contributed by atoms with Crippen molar-refractivity contribution >= 4 is 23.5 Å². The predicted octanol–water partition coefficient (Wildman–Crippen LogP) is 2.86. The van der Waals surface area contributed by atoms with Crippen LogP contribution in [0.1, 0.15) is 30.4 Å². The van der Waals surface area contributed by atoms with Crippen LogP contribution in [-0.2, 0) is 24.5 Å². The Morgan fingerprint density at radius 3 is 2.39 bits per heavy atom. The highest BCUT2D eigenvalue weighted by Gasteiger charge is 2.47. The van der Waals surface area contributed by atoms with E-state index in [-0.39, 0.29) is 12.4 Å². The number of amides is 2. The molecule has 31 heavy (non-hydrogen) atoms. The van der Waals surface area contributed by atoms with Crippen LogP contribution in [0.3, 0.4) is 0 Å². The molecule has 0 atom stereocenters. The summed E-state index contributed by atoms with van der Waals surface area (Å²) in [4.78, 5) is 36.8. The summed E-state index contributed by atoms with van der Waals surface area (Å²) in [6.07, 6.45) is 2.01. The largest absolute Gasteiger partial charge is 0.495 e. The molecule has 0 heterocycles. The number of esters is 1. The Kier molecular flexibility index (Phi) is 6.89. The second-order valence-corrected chi connectivity index (χ2v) is 7.55. The zero-order chi connectivity index (χ0) is 22.4. The van der Waals surface area contributed by atoms with Gasteiger partial charge in [0.05, 0.1) is 24.8 Å². The number of rotatable bonds is 8. The fourth-order valence-corrected chi connectivity index (χ4v) is 3.52. The lowest BCUT2D eigenvalue weighted by Gasteiger charge is -2.39. The van der Waals surface area contributed by atoms with E-state index < -0.39 is 29.8 Å². The molecule has 0 unspecified atom stereocenters. The zero-order valence-corrected chi connectivity index (χ0v) is 17.5. The number of benzene rings is 2. The van der Waals surface area contributed by atoms with Gasteiger partial charge in [-0.1, -0.05) is 24.6 Å². The number of ether oxygens (including phenoxy) is 2. The highest BCUT2D eigenvalue weighted by molar-refractivity contribution is 5.96. The number of nitrogens with one attached hydrogen (secondary N) is 2. The van der Waals surface area contributed by atoms with Crippen molar-refractivity contribution in [2.45, 2.75) is 31.6 Å². The molecule has 8 heteroatoms. The van der Waals surface area contributed by atoms with Gasteiger partial charge in [0.1, 0.15) is 11.6 Å². The van der Waals surface area contributed by atoms with E-state index in [1.807, 2.05) is 13.0 Å². The third kappa shape index (κ3) is 5.20. The van der Waals surface area contributed by atoms with Crippen LogP contribution in [-0.4, -0.2) is 38.0 Å². The summed E-state index contributed by atoms with van der Waals surface area (Å²) in [6, 6.07) is 11.1. The van der Waals surface area contributed by atoms with Gasteiger partial charge >= 0.3 is 5.97 Å². The molecule has 164 valence electrons. The SMILES string of the molecule is COc1ccc(C)cc1NC(=O)CNC(=O)COC(=O)C1(c2ccc(F)cc2)CCC1. The van der Waals surface area contributed by atoms with Crippen LogP contribution in [0.5, 0.6) is 5.75 Å². The van der Waals surface area contributed by atoms with Gasteiger partial charge in [-0.2, -0.15) is 0 Å². The Bertz CT molecular complexity index is 970. The fourth-order valence-electron chi connectivity index (χ4n) is 3.52. The summed E-state index contributed by atoms with van der Waals surface area (Å²) in [7, 11) is 1.50. The van der Waals surface area contributed by atoms with E-state index >= 15 is 0 Å². The number of hydrogen-bond acceptors (Lipinski definition) is 5. The lowest BCUT2D eigenvalue weighted by Crippen LogP contribution is -2.45. The van der Waals surface area contributed by atoms with Gasteiger partial charge in [0.25, 0.3) is 5.91 Å². The van der Waals surface area contributed by atoms with Crippen molar-refractivity contribution in [2.75, 3.05) is 25.6 Å². The monoisotopic (exact) mass is 428 g/mol. The minimum absolute atomic E-state index is 0.281. The molecule has 0 spiro atoms. The van der Waals surface area contributed by atoms with E-state index in [1.165, 1.54) is 19.2 Å². The molecule has 2 amide bonds. The molecule has 0 bridgehead atoms. The average Bonchev–Trinajstić information content (AvgIpc) is 2.71. The molecule has 1 fully saturated rings. The van der Waals surface area contributed by atoms with E-state index in [0.29, 0.717) is 29.8 Å². The van der Waals surface area contributed by atoms with Crippen molar-refractivity contribution in [3.05, 3.63) is 59.4 Å². The summed E-state index contributed by atoms with van der Waals surface area (Å²) in [6.45, 7) is 1.10. The first-order valence-corrected chi connectivity index (χ1v) is 9.98. The smallest absolute Gasteiger partial charge is 0.317 e. The molecule has 0 aromatic heterocycles. The standard InChI is InChI=1S/C23H25FN2O5/c1-15-4-9-19(30-2)18(12-15)26-20(27)13-25-21(28)14-31-22(29)23(10-3-11-23)16-5-7-17(24)8-6-16/h4-9,12H,3,10-11,13-14H2,1-2H3,(H,25,28)(H,26,27). The molecule has 2 aromatic carbocycles. The minimum Gasteiger partial charge on any atom is -0.495 e. The van der Waals surface area contributed by atoms with Crippen molar-refractivity contribution < 1.29 is 28.2 Å². The van der Waals surface area contributed by atoms with Crippen molar-refractivity contribution in [3.8, 4) is 5.75 Å². The molecular formula is C23H25FN2O5. The molecule has 7 nitrogen and oxygen atoms in total. The highest BCUT2D eigenvalue weighted by Crippen LogP contribution is 2.44. The predicted molar refractivity (Wildman–Crippen MR) is 112 cm³/mol. The summed E-state index contributed by atoms with van der Waals surface area (Å²) < 4.78 is 23.6. The third-order valence-corrected chi connectivity index (χ3v) is 5.40. The van der Waals surface area contributed by atoms with E-state index in [0.717, 1.165) is 12.0 Å². The van der Waals surface area contributed by atoms with Crippen molar-refractivity contribution in [3.63, 3.8) is 0 Å². The Morgan fingerprint density at radius 1 is 1.06 bits per heavy atom. The fraction of sp³-hybridized carbons (Fsp3) is 0.348. The van der Waals surface area contributed by atoms with Crippen LogP contribution in [0.4, 0.5) is 10.1 Å². The summed E-state index contributed by atoms with van der Waals surface area (Å²) in [5, 5.41) is 5.10. The second-order valence-electron chi connectivity index (χ2n) is 7.55. The molecule has 0 radical (unpaired) electrons. The number of hydrogen-bond donors (Lipinski definition) is 2. The molecule has 3 rings (SSSR count). The van der Waals surface area contributed by atoms with Crippen LogP contribution in [0, 0.1) is 12.7 Å². The quantitative estimate of drug-likeness (QED) is 0.631. The van der Waals surface area contributed by atoms with Gasteiger partial charge in [0, 0.05) is 0 Å². The molecule has 0 aliphatic heterocycles. The van der Waals surface area contributed by atoms with E-state index in [2.05, 4.69) is 10.6 Å². The number of halogens is 1. The average molecular weight is 428 g/mol. The normalized spacial score (nSPS) is 14.2. The van der Waals surface area contributed by atoms with Gasteiger partial charge in [-0.25, -0.2) is 4.39 Å². The van der Waals surface area contributed by atoms with Crippen LogP contribution in [0.2, 0.25) is 0 Å². The maximum atomic E-state index is 13.2. The number of carbonyl (C=O) groups is 3. The highest BCUT2D eigenvalue weighted by atomic mass is 19.1. The minimum atomic E-state index is -0.840. The topological polar surface area (TPSA) is 93.7 Å². The van der Waals surface area contributed by atoms with Gasteiger partial charge in [-0.3, -0.25) is 14.4 Å². The first kappa shape index (κ1) is 22.3. The summed E-state index contributed by atoms with van der Waals surface area (Å²) >= 11 is 0. The Balaban J connectivity index is 1.49. The molecular weight excluding hydrogens is 403 g/mol. The number of carbonyl (C=O) groups excluding carboxylic acids is 3. The van der Waals surface area contributed by atoms with Crippen molar-refractivity contribution in [2.24, 2.45) is 0 Å². The first-order valence-electron chi connectivity index (χ1n) is 9.98. The van der Waals surface area contributed by atoms with Crippen LogP contribution in [0.25, 0.3) is 0 Å². The van der Waals surface area contributed by atoms with Crippen molar-refractivity contribution in [1.82, 2.24) is 5.32 Å². The molecule has 2 aromatic rings. The van der Waals surface area contributed by atoms with E-state index in [9.17, 15) is 18.8 Å². The second kappa shape index (κ2) is 9.59. The Hall–Kier alpha value is -3.42. The van der Waals surface area contributed by atoms with Gasteiger partial charge in [-0.05, 0) is 55.2 Å². The number of methoxy groups -OCH3 is 1. The third-order valence-electron chi connectivity index (χ3n) is 5.40. The van der Waals surface area contributed by atoms with Gasteiger partial charge in [0.2, 0.25) is 5.91 Å². The van der Waals surface area contributed by atoms with Gasteiger partial charge < -0.3 is 20.1 Å². The maximum absolute atomic E-state index is 13.2. The van der Waals surface area contributed by atoms with Crippen LogP contribution < -0.4 is 15.4 Å². The van der Waals surface area contributed by atoms with Gasteiger partial charge in [-0.15, -0.1) is 0 Å². The number of aryl methyl sites for hydroxylation is 1. The molecule has 1 saturated carbocycles. The maximum Gasteiger partial charge on any atom is 0.317 e. The Morgan fingerprint density at radius 2 is 1.77 bits per heavy atom. The van der Waals surface area contributed by atoms with Gasteiger partial charge in [0.15, 0.2) is 6.61 Å². The summed E-state index contributed by atoms with van der Waals surface area (Å²) in [5.41, 5.74) is 1.28. The van der Waals surface area contributed by atoms with E-state index in [1.54, 1.807) is 24.3 Å². The molecule has 1 aliphatic rings. The van der Waals surface area contributed by atoms with E-state index in [4.69, 9.17) is 9.47 Å². The molecule has 1 aliphatic carbocycles.